The van der Waals surface area contributed by atoms with Crippen LogP contribution in [-0.4, -0.2) is 34.3 Å². The number of carbonyl (C=O) groups is 2. The maximum absolute atomic E-state index is 13.1. The van der Waals surface area contributed by atoms with Crippen LogP contribution in [0.1, 0.15) is 60.4 Å². The van der Waals surface area contributed by atoms with Crippen molar-refractivity contribution in [1.29, 1.82) is 0 Å². The molecule has 2 rings (SSSR count). The summed E-state index contributed by atoms with van der Waals surface area (Å²) in [6.45, 7) is 10.3. The Hall–Kier alpha value is -2.21. The summed E-state index contributed by atoms with van der Waals surface area (Å²) in [6.07, 6.45) is 0.781. The summed E-state index contributed by atoms with van der Waals surface area (Å²) >= 11 is 1.43. The van der Waals surface area contributed by atoms with Crippen molar-refractivity contribution in [2.45, 2.75) is 53.0 Å². The highest BCUT2D eigenvalue weighted by molar-refractivity contribution is 7.13. The van der Waals surface area contributed by atoms with Crippen LogP contribution in [0, 0.1) is 6.92 Å². The summed E-state index contributed by atoms with van der Waals surface area (Å²) in [5.41, 5.74) is 1.46. The largest absolute Gasteiger partial charge is 0.326 e. The minimum Gasteiger partial charge on any atom is -0.326 e. The Morgan fingerprint density at radius 3 is 2.38 bits per heavy atom. The monoisotopic (exact) mass is 373 g/mol. The molecule has 0 aliphatic carbocycles. The number of hydrogen-bond donors (Lipinski definition) is 1. The number of aryl methyl sites for hydroxylation is 1. The Balaban J connectivity index is 2.21. The zero-order chi connectivity index (χ0) is 19.3. The zero-order valence-corrected chi connectivity index (χ0v) is 16.9. The van der Waals surface area contributed by atoms with Gasteiger partial charge in [0.2, 0.25) is 5.91 Å². The van der Waals surface area contributed by atoms with Crippen molar-refractivity contribution in [2.75, 3.05) is 11.9 Å². The van der Waals surface area contributed by atoms with E-state index in [1.165, 1.54) is 11.3 Å². The van der Waals surface area contributed by atoms with Gasteiger partial charge in [-0.3, -0.25) is 9.59 Å². The number of hydrogen-bond acceptors (Lipinski definition) is 4. The molecule has 1 unspecified atom stereocenters. The minimum absolute atomic E-state index is 0.121. The van der Waals surface area contributed by atoms with Gasteiger partial charge in [0, 0.05) is 18.2 Å². The Morgan fingerprint density at radius 1 is 1.19 bits per heavy atom. The van der Waals surface area contributed by atoms with E-state index >= 15 is 0 Å². The summed E-state index contributed by atoms with van der Waals surface area (Å²) in [5, 5.41) is 3.83. The summed E-state index contributed by atoms with van der Waals surface area (Å²) in [6, 6.07) is 8.72. The van der Waals surface area contributed by atoms with E-state index in [1.807, 2.05) is 44.2 Å². The molecule has 0 aliphatic heterocycles. The average molecular weight is 374 g/mol. The van der Waals surface area contributed by atoms with Crippen LogP contribution in [0.15, 0.2) is 30.3 Å². The normalized spacial score (nSPS) is 12.1. The van der Waals surface area contributed by atoms with Gasteiger partial charge >= 0.3 is 0 Å². The van der Waals surface area contributed by atoms with Crippen LogP contribution in [-0.2, 0) is 4.79 Å². The molecule has 0 saturated heterocycles. The number of aromatic nitrogens is 1. The number of benzene rings is 1. The number of anilines is 1. The van der Waals surface area contributed by atoms with Gasteiger partial charge in [0.05, 0.1) is 10.7 Å². The van der Waals surface area contributed by atoms with Crippen molar-refractivity contribution in [3.05, 3.63) is 45.9 Å². The molecule has 26 heavy (non-hydrogen) atoms. The van der Waals surface area contributed by atoms with Gasteiger partial charge in [0.1, 0.15) is 10.9 Å². The fraction of sp³-hybridized carbons (Fsp3) is 0.450. The zero-order valence-electron chi connectivity index (χ0n) is 16.1. The maximum atomic E-state index is 13.1. The molecular formula is C20H27N3O2S. The van der Waals surface area contributed by atoms with Gasteiger partial charge in [-0.25, -0.2) is 4.98 Å². The summed E-state index contributed by atoms with van der Waals surface area (Å²) in [5.74, 6) is -0.0348. The highest BCUT2D eigenvalue weighted by Crippen LogP contribution is 2.26. The second-order valence-electron chi connectivity index (χ2n) is 6.65. The Kier molecular flexibility index (Phi) is 6.91. The molecule has 0 spiro atoms. The lowest BCUT2D eigenvalue weighted by Crippen LogP contribution is -2.46. The van der Waals surface area contributed by atoms with Gasteiger partial charge in [-0.15, -0.1) is 11.3 Å². The Morgan fingerprint density at radius 2 is 1.85 bits per heavy atom. The lowest BCUT2D eigenvalue weighted by atomic mass is 10.2. The van der Waals surface area contributed by atoms with Crippen LogP contribution < -0.4 is 5.32 Å². The van der Waals surface area contributed by atoms with Crippen molar-refractivity contribution in [3.63, 3.8) is 0 Å². The molecule has 1 aromatic heterocycles. The topological polar surface area (TPSA) is 62.3 Å². The molecule has 0 radical (unpaired) electrons. The quantitative estimate of drug-likeness (QED) is 0.780. The van der Waals surface area contributed by atoms with E-state index in [0.29, 0.717) is 11.4 Å². The molecule has 1 N–H and O–H groups in total. The molecule has 1 atom stereocenters. The van der Waals surface area contributed by atoms with Crippen LogP contribution in [0.3, 0.4) is 0 Å². The van der Waals surface area contributed by atoms with Crippen LogP contribution in [0.25, 0.3) is 0 Å². The molecule has 2 amide bonds. The van der Waals surface area contributed by atoms with Gasteiger partial charge in [-0.1, -0.05) is 39.0 Å². The smallest absolute Gasteiger partial charge is 0.266 e. The third-order valence-electron chi connectivity index (χ3n) is 4.11. The molecule has 2 aromatic rings. The average Bonchev–Trinajstić information content (AvgIpc) is 3.01. The van der Waals surface area contributed by atoms with E-state index in [9.17, 15) is 9.59 Å². The standard InChI is InChI=1S/C20H27N3O2S/c1-6-12-23(15(5)18(24)22-16-10-8-7-9-11-16)20(25)17-14(4)21-19(26-17)13(2)3/h7-11,13,15H,6,12H2,1-5H3,(H,22,24). The van der Waals surface area contributed by atoms with Gasteiger partial charge in [0.15, 0.2) is 0 Å². The van der Waals surface area contributed by atoms with Crippen LogP contribution in [0.2, 0.25) is 0 Å². The molecule has 0 bridgehead atoms. The highest BCUT2D eigenvalue weighted by atomic mass is 32.1. The van der Waals surface area contributed by atoms with Crippen molar-refractivity contribution in [2.24, 2.45) is 0 Å². The van der Waals surface area contributed by atoms with E-state index in [2.05, 4.69) is 24.1 Å². The first-order valence-corrected chi connectivity index (χ1v) is 9.81. The van der Waals surface area contributed by atoms with Crippen molar-refractivity contribution in [3.8, 4) is 0 Å². The van der Waals surface area contributed by atoms with Gasteiger partial charge in [0.25, 0.3) is 5.91 Å². The number of rotatable bonds is 7. The summed E-state index contributed by atoms with van der Waals surface area (Å²) in [4.78, 5) is 32.5. The van der Waals surface area contributed by atoms with E-state index in [0.717, 1.165) is 22.8 Å². The van der Waals surface area contributed by atoms with Gasteiger partial charge in [-0.2, -0.15) is 0 Å². The van der Waals surface area contributed by atoms with Crippen LogP contribution in [0.4, 0.5) is 5.69 Å². The molecule has 0 fully saturated rings. The molecule has 0 aliphatic rings. The molecule has 6 heteroatoms. The molecule has 5 nitrogen and oxygen atoms in total. The third-order valence-corrected chi connectivity index (χ3v) is 5.56. The van der Waals surface area contributed by atoms with E-state index in [1.54, 1.807) is 11.8 Å². The SMILES string of the molecule is CCCN(C(=O)c1sc(C(C)C)nc1C)C(C)C(=O)Nc1ccccc1. The van der Waals surface area contributed by atoms with Gasteiger partial charge in [-0.05, 0) is 32.4 Å². The summed E-state index contributed by atoms with van der Waals surface area (Å²) < 4.78 is 0. The molecule has 1 aromatic carbocycles. The predicted molar refractivity (Wildman–Crippen MR) is 107 cm³/mol. The van der Waals surface area contributed by atoms with Crippen molar-refractivity contribution >= 4 is 28.8 Å². The van der Waals surface area contributed by atoms with E-state index in [-0.39, 0.29) is 17.7 Å². The van der Waals surface area contributed by atoms with Crippen molar-refractivity contribution < 1.29 is 9.59 Å². The highest BCUT2D eigenvalue weighted by Gasteiger charge is 2.29. The lowest BCUT2D eigenvalue weighted by Gasteiger charge is -2.28. The second kappa shape index (κ2) is 8.94. The fourth-order valence-electron chi connectivity index (χ4n) is 2.61. The number of carbonyl (C=O) groups excluding carboxylic acids is 2. The number of amides is 2. The Bertz CT molecular complexity index is 756. The molecule has 0 saturated carbocycles. The number of thiazole rings is 1. The second-order valence-corrected chi connectivity index (χ2v) is 7.68. The predicted octanol–water partition coefficient (Wildman–Crippen LogP) is 4.45. The first-order chi connectivity index (χ1) is 12.3. The number of nitrogens with zero attached hydrogens (tertiary/aromatic N) is 2. The van der Waals surface area contributed by atoms with Gasteiger partial charge < -0.3 is 10.2 Å². The summed E-state index contributed by atoms with van der Waals surface area (Å²) in [7, 11) is 0. The number of para-hydroxylation sites is 1. The van der Waals surface area contributed by atoms with Crippen LogP contribution >= 0.6 is 11.3 Å². The third kappa shape index (κ3) is 4.69. The fourth-order valence-corrected chi connectivity index (χ4v) is 3.64. The van der Waals surface area contributed by atoms with E-state index < -0.39 is 6.04 Å². The van der Waals surface area contributed by atoms with Crippen molar-refractivity contribution in [1.82, 2.24) is 9.88 Å². The first kappa shape index (κ1) is 20.1. The lowest BCUT2D eigenvalue weighted by molar-refractivity contribution is -0.120. The molecular weight excluding hydrogens is 346 g/mol. The first-order valence-electron chi connectivity index (χ1n) is 8.99. The van der Waals surface area contributed by atoms with Crippen LogP contribution in [0.5, 0.6) is 0 Å². The molecule has 1 heterocycles. The number of nitrogens with one attached hydrogen (secondary N) is 1. The van der Waals surface area contributed by atoms with E-state index in [4.69, 9.17) is 0 Å². The molecule has 140 valence electrons. The minimum atomic E-state index is -0.563. The Labute approximate surface area is 159 Å². The maximum Gasteiger partial charge on any atom is 0.266 e.